The van der Waals surface area contributed by atoms with Crippen LogP contribution in [0.5, 0.6) is 17.2 Å². The zero-order chi connectivity index (χ0) is 17.8. The van der Waals surface area contributed by atoms with Gasteiger partial charge < -0.3 is 15.3 Å². The molecule has 0 unspecified atom stereocenters. The van der Waals surface area contributed by atoms with Crippen LogP contribution in [0.1, 0.15) is 71.4 Å². The second-order valence-corrected chi connectivity index (χ2v) is 11.1. The monoisotopic (exact) mass is 434 g/mol. The molecule has 0 saturated heterocycles. The maximum atomic E-state index is 10.2. The number of hydrogen-bond donors (Lipinski definition) is 3. The number of benzene rings is 1. The smallest absolute Gasteiger partial charge is 0.164 e. The van der Waals surface area contributed by atoms with E-state index in [-0.39, 0.29) is 26.1 Å². The van der Waals surface area contributed by atoms with Crippen LogP contribution in [0.4, 0.5) is 0 Å². The Kier molecular flexibility index (Phi) is 7.05. The van der Waals surface area contributed by atoms with Crippen LogP contribution < -0.4 is 0 Å². The van der Waals surface area contributed by atoms with E-state index in [1.165, 1.54) is 0 Å². The minimum atomic E-state index is -0.150. The molecule has 0 heterocycles. The molecule has 3 nitrogen and oxygen atoms in total. The van der Waals surface area contributed by atoms with E-state index in [2.05, 4.69) is 57.2 Å². The van der Waals surface area contributed by atoms with Gasteiger partial charge in [0, 0.05) is 14.5 Å². The molecule has 132 valence electrons. The van der Waals surface area contributed by atoms with E-state index < -0.39 is 0 Å². The van der Waals surface area contributed by atoms with Crippen LogP contribution >= 0.6 is 22.6 Å². The molecule has 1 aromatic carbocycles. The Morgan fingerprint density at radius 1 is 0.870 bits per heavy atom. The minimum absolute atomic E-state index is 0.0696. The highest BCUT2D eigenvalue weighted by molar-refractivity contribution is 14.1. The van der Waals surface area contributed by atoms with Gasteiger partial charge in [0.05, 0.1) is 0 Å². The summed E-state index contributed by atoms with van der Waals surface area (Å²) in [6.07, 6.45) is 5.02. The van der Waals surface area contributed by atoms with Crippen molar-refractivity contribution in [2.24, 2.45) is 5.41 Å². The zero-order valence-electron chi connectivity index (χ0n) is 15.0. The third-order valence-electron chi connectivity index (χ3n) is 4.01. The fraction of sp³-hybridized carbons (Fsp3) is 0.684. The lowest BCUT2D eigenvalue weighted by Crippen LogP contribution is -2.08. The van der Waals surface area contributed by atoms with Crippen molar-refractivity contribution < 1.29 is 15.3 Å². The van der Waals surface area contributed by atoms with Crippen LogP contribution in [0.15, 0.2) is 6.07 Å². The molecule has 0 aromatic heterocycles. The summed E-state index contributed by atoms with van der Waals surface area (Å²) >= 11 is 2.41. The number of rotatable bonds is 7. The molecule has 3 N–H and O–H groups in total. The lowest BCUT2D eigenvalue weighted by molar-refractivity contribution is 0.356. The average molecular weight is 434 g/mol. The maximum absolute atomic E-state index is 10.2. The van der Waals surface area contributed by atoms with Gasteiger partial charge >= 0.3 is 0 Å². The summed E-state index contributed by atoms with van der Waals surface area (Å²) in [6, 6.07) is 1.61. The van der Waals surface area contributed by atoms with Crippen molar-refractivity contribution in [3.8, 4) is 17.2 Å². The molecule has 0 radical (unpaired) electrons. The maximum Gasteiger partial charge on any atom is 0.164 e. The second-order valence-electron chi connectivity index (χ2n) is 8.22. The highest BCUT2D eigenvalue weighted by Gasteiger charge is 2.19. The second kappa shape index (κ2) is 7.95. The number of phenols is 3. The molecule has 1 rings (SSSR count). The van der Waals surface area contributed by atoms with Gasteiger partial charge in [-0.05, 0) is 50.0 Å². The van der Waals surface area contributed by atoms with E-state index in [0.29, 0.717) is 24.0 Å². The van der Waals surface area contributed by atoms with Crippen LogP contribution in [-0.2, 0) is 12.8 Å². The van der Waals surface area contributed by atoms with Gasteiger partial charge in [-0.2, -0.15) is 0 Å². The molecule has 4 heteroatoms. The normalized spacial score (nSPS) is 12.6. The quantitative estimate of drug-likeness (QED) is 0.223. The van der Waals surface area contributed by atoms with Gasteiger partial charge in [0.25, 0.3) is 0 Å². The molecule has 23 heavy (non-hydrogen) atoms. The lowest BCUT2D eigenvalue weighted by Gasteiger charge is -2.19. The summed E-state index contributed by atoms with van der Waals surface area (Å²) in [6.45, 7) is 10.8. The minimum Gasteiger partial charge on any atom is -0.508 e. The largest absolute Gasteiger partial charge is 0.508 e. The van der Waals surface area contributed by atoms with E-state index in [4.69, 9.17) is 0 Å². The summed E-state index contributed by atoms with van der Waals surface area (Å²) in [5.41, 5.74) is 1.31. The summed E-state index contributed by atoms with van der Waals surface area (Å²) in [7, 11) is 0. The SMILES string of the molecule is CC(C)(C)CCCc1c(O)cc(CCCC(C)(C)I)c(O)c1O. The summed E-state index contributed by atoms with van der Waals surface area (Å²) < 4.78 is 0.213. The molecular weight excluding hydrogens is 403 g/mol. The van der Waals surface area contributed by atoms with Crippen LogP contribution in [0.25, 0.3) is 0 Å². The number of hydrogen-bond acceptors (Lipinski definition) is 3. The van der Waals surface area contributed by atoms with E-state index >= 15 is 0 Å². The number of alkyl halides is 1. The molecule has 0 amide bonds. The van der Waals surface area contributed by atoms with Crippen molar-refractivity contribution in [1.82, 2.24) is 0 Å². The third-order valence-corrected chi connectivity index (χ3v) is 4.54. The van der Waals surface area contributed by atoms with Crippen LogP contribution in [0.2, 0.25) is 0 Å². The fourth-order valence-corrected chi connectivity index (χ4v) is 3.05. The Balaban J connectivity index is 2.79. The van der Waals surface area contributed by atoms with Crippen molar-refractivity contribution >= 4 is 22.6 Å². The standard InChI is InChI=1S/C19H31IO3/c1-18(2,3)10-7-9-14-15(21)12-13(16(22)17(14)23)8-6-11-19(4,5)20/h12,21-23H,6-11H2,1-5H3. The Labute approximate surface area is 154 Å². The molecule has 0 aliphatic heterocycles. The van der Waals surface area contributed by atoms with Crippen molar-refractivity contribution in [1.29, 1.82) is 0 Å². The topological polar surface area (TPSA) is 60.7 Å². The molecule has 0 spiro atoms. The van der Waals surface area contributed by atoms with Gasteiger partial charge in [-0.15, -0.1) is 0 Å². The van der Waals surface area contributed by atoms with Crippen LogP contribution in [-0.4, -0.2) is 18.7 Å². The van der Waals surface area contributed by atoms with Gasteiger partial charge in [0.1, 0.15) is 5.75 Å². The average Bonchev–Trinajstić information content (AvgIpc) is 2.36. The van der Waals surface area contributed by atoms with Crippen molar-refractivity contribution in [3.05, 3.63) is 17.2 Å². The Bertz CT molecular complexity index is 525. The zero-order valence-corrected chi connectivity index (χ0v) is 17.2. The van der Waals surface area contributed by atoms with Gasteiger partial charge in [-0.1, -0.05) is 57.2 Å². The molecule has 0 aliphatic rings. The van der Waals surface area contributed by atoms with E-state index in [9.17, 15) is 15.3 Å². The first-order valence-corrected chi connectivity index (χ1v) is 9.43. The summed E-state index contributed by atoms with van der Waals surface area (Å²) in [5, 5.41) is 30.7. The Morgan fingerprint density at radius 3 is 1.96 bits per heavy atom. The van der Waals surface area contributed by atoms with E-state index in [1.807, 2.05) is 0 Å². The molecule has 0 atom stereocenters. The molecule has 0 saturated carbocycles. The highest BCUT2D eigenvalue weighted by Crippen LogP contribution is 2.41. The predicted molar refractivity (Wildman–Crippen MR) is 105 cm³/mol. The molecule has 0 aliphatic carbocycles. The number of aromatic hydroxyl groups is 3. The highest BCUT2D eigenvalue weighted by atomic mass is 127. The van der Waals surface area contributed by atoms with Gasteiger partial charge in [0.15, 0.2) is 11.5 Å². The Hall–Kier alpha value is -0.650. The van der Waals surface area contributed by atoms with Gasteiger partial charge in [0.2, 0.25) is 0 Å². The van der Waals surface area contributed by atoms with Crippen molar-refractivity contribution in [2.75, 3.05) is 0 Å². The first-order valence-electron chi connectivity index (χ1n) is 8.35. The predicted octanol–water partition coefficient (Wildman–Crippen LogP) is 5.71. The molecule has 1 aromatic rings. The van der Waals surface area contributed by atoms with Crippen molar-refractivity contribution in [3.63, 3.8) is 0 Å². The fourth-order valence-electron chi connectivity index (χ4n) is 2.67. The lowest BCUT2D eigenvalue weighted by atomic mass is 9.88. The molecular formula is C19H31IO3. The van der Waals surface area contributed by atoms with Gasteiger partial charge in [-0.25, -0.2) is 0 Å². The first kappa shape index (κ1) is 20.4. The number of phenolic OH excluding ortho intramolecular Hbond substituents is 3. The third kappa shape index (κ3) is 7.19. The van der Waals surface area contributed by atoms with Crippen LogP contribution in [0, 0.1) is 5.41 Å². The first-order chi connectivity index (χ1) is 10.4. The van der Waals surface area contributed by atoms with Gasteiger partial charge in [-0.3, -0.25) is 0 Å². The van der Waals surface area contributed by atoms with Crippen LogP contribution in [0.3, 0.4) is 0 Å². The number of halogens is 1. The van der Waals surface area contributed by atoms with E-state index in [1.54, 1.807) is 6.07 Å². The number of aryl methyl sites for hydroxylation is 1. The molecule has 0 bridgehead atoms. The summed E-state index contributed by atoms with van der Waals surface area (Å²) in [5.74, 6) is -0.125. The van der Waals surface area contributed by atoms with E-state index in [0.717, 1.165) is 25.7 Å². The molecule has 0 fully saturated rings. The van der Waals surface area contributed by atoms with Crippen molar-refractivity contribution in [2.45, 2.75) is 76.6 Å². The summed E-state index contributed by atoms with van der Waals surface area (Å²) in [4.78, 5) is 0. The Morgan fingerprint density at radius 2 is 1.43 bits per heavy atom.